The number of aliphatic hydroxyl groups is 2. The van der Waals surface area contributed by atoms with Crippen molar-refractivity contribution in [3.8, 4) is 16.9 Å². The lowest BCUT2D eigenvalue weighted by Crippen LogP contribution is -2.75. The summed E-state index contributed by atoms with van der Waals surface area (Å²) in [5, 5.41) is 33.6. The van der Waals surface area contributed by atoms with Gasteiger partial charge in [-0.2, -0.15) is 0 Å². The molecular formula is C32H37N3O8. The first-order valence-electron chi connectivity index (χ1n) is 14.7. The first-order valence-corrected chi connectivity index (χ1v) is 14.7. The van der Waals surface area contributed by atoms with Crippen molar-refractivity contribution in [1.82, 2.24) is 9.80 Å². The highest BCUT2D eigenvalue weighted by molar-refractivity contribution is 6.25. The Kier molecular flexibility index (Phi) is 7.50. The van der Waals surface area contributed by atoms with Gasteiger partial charge in [0.25, 0.3) is 0 Å². The van der Waals surface area contributed by atoms with Crippen LogP contribution in [0.3, 0.4) is 0 Å². The van der Waals surface area contributed by atoms with Crippen molar-refractivity contribution in [1.29, 1.82) is 0 Å². The van der Waals surface area contributed by atoms with Gasteiger partial charge in [0.05, 0.1) is 30.8 Å². The first kappa shape index (κ1) is 29.6. The number of nitrogens with zero attached hydrogens (tertiary/aromatic N) is 2. The molecule has 43 heavy (non-hydrogen) atoms. The Hall–Kier alpha value is -3.48. The molecule has 7 atom stereocenters. The fourth-order valence-corrected chi connectivity index (χ4v) is 7.90. The number of rotatable bonds is 5. The molecule has 1 heterocycles. The van der Waals surface area contributed by atoms with Crippen molar-refractivity contribution in [2.45, 2.75) is 37.1 Å². The maximum atomic E-state index is 14.0. The minimum Gasteiger partial charge on any atom is -0.507 e. The Labute approximate surface area is 249 Å². The Morgan fingerprint density at radius 1 is 1.07 bits per heavy atom. The molecule has 2 aromatic rings. The average Bonchev–Trinajstić information content (AvgIpc) is 2.96. The van der Waals surface area contributed by atoms with E-state index in [1.54, 1.807) is 25.1 Å². The lowest BCUT2D eigenvalue weighted by molar-refractivity contribution is -0.190. The van der Waals surface area contributed by atoms with Gasteiger partial charge in [0.1, 0.15) is 11.7 Å². The minimum atomic E-state index is -2.67. The second-order valence-corrected chi connectivity index (χ2v) is 12.5. The number of phenols is 1. The third-order valence-electron chi connectivity index (χ3n) is 9.95. The van der Waals surface area contributed by atoms with Crippen LogP contribution in [0.1, 0.15) is 27.9 Å². The molecule has 3 aliphatic carbocycles. The summed E-state index contributed by atoms with van der Waals surface area (Å²) in [6.45, 7) is 3.95. The van der Waals surface area contributed by atoms with Crippen molar-refractivity contribution in [2.75, 3.05) is 40.4 Å². The fraction of sp³-hybridized carbons (Fsp3) is 0.500. The molecule has 0 aromatic heterocycles. The average molecular weight is 592 g/mol. The van der Waals surface area contributed by atoms with E-state index in [2.05, 4.69) is 4.90 Å². The monoisotopic (exact) mass is 591 g/mol. The highest BCUT2D eigenvalue weighted by Crippen LogP contribution is 2.52. The van der Waals surface area contributed by atoms with E-state index in [9.17, 15) is 34.5 Å². The summed E-state index contributed by atoms with van der Waals surface area (Å²) in [7, 11) is 3.25. The molecule has 1 aliphatic heterocycles. The van der Waals surface area contributed by atoms with Gasteiger partial charge in [0, 0.05) is 31.6 Å². The minimum absolute atomic E-state index is 0.00504. The molecule has 2 aromatic carbocycles. The summed E-state index contributed by atoms with van der Waals surface area (Å²) in [6, 6.07) is 10.3. The van der Waals surface area contributed by atoms with Crippen LogP contribution in [-0.4, -0.2) is 107 Å². The van der Waals surface area contributed by atoms with Crippen LogP contribution >= 0.6 is 0 Å². The number of phenolic OH excluding ortho intramolecular Hbond substituents is 1. The third-order valence-corrected chi connectivity index (χ3v) is 9.95. The van der Waals surface area contributed by atoms with Crippen molar-refractivity contribution in [3.05, 3.63) is 53.1 Å². The number of aliphatic hydroxyl groups excluding tert-OH is 1. The van der Waals surface area contributed by atoms with Crippen molar-refractivity contribution in [3.63, 3.8) is 0 Å². The maximum Gasteiger partial charge on any atom is 0.230 e. The van der Waals surface area contributed by atoms with Crippen LogP contribution in [-0.2, 0) is 32.1 Å². The zero-order valence-corrected chi connectivity index (χ0v) is 24.2. The molecule has 11 nitrogen and oxygen atoms in total. The normalized spacial score (nSPS) is 32.7. The largest absolute Gasteiger partial charge is 0.507 e. The molecule has 0 bridgehead atoms. The molecule has 0 spiro atoms. The van der Waals surface area contributed by atoms with Crippen LogP contribution in [0.15, 0.2) is 36.4 Å². The highest BCUT2D eigenvalue weighted by Gasteiger charge is 2.69. The Balaban J connectivity index is 1.37. The number of fused-ring (bicyclic) bond motifs is 3. The molecule has 1 saturated heterocycles. The lowest BCUT2D eigenvalue weighted by Gasteiger charge is -2.54. The van der Waals surface area contributed by atoms with E-state index in [-0.39, 0.29) is 24.2 Å². The van der Waals surface area contributed by atoms with Crippen molar-refractivity contribution >= 4 is 23.3 Å². The summed E-state index contributed by atoms with van der Waals surface area (Å²) in [5.41, 5.74) is 6.11. The zero-order chi connectivity index (χ0) is 30.8. The number of amides is 1. The van der Waals surface area contributed by atoms with E-state index < -0.39 is 64.7 Å². The van der Waals surface area contributed by atoms with Crippen LogP contribution in [0.4, 0.5) is 0 Å². The second kappa shape index (κ2) is 10.9. The maximum absolute atomic E-state index is 14.0. The van der Waals surface area contributed by atoms with Gasteiger partial charge in [-0.05, 0) is 61.2 Å². The molecular weight excluding hydrogens is 554 g/mol. The van der Waals surface area contributed by atoms with Crippen molar-refractivity contribution < 1.29 is 39.2 Å². The molecule has 3 unspecified atom stereocenters. The standard InChI is InChI=1S/C32H37N3O8/c1-34(2)26-21-14-18-13-20-19(17-5-3-16(4-6-17)15-35-9-11-43-12-10-35)7-8-22(36)24(20)27(37)23(18)29(39)32(21,42)30(40)25(28(26)38)31(33)41/h3-8,18,21,23,25-26,28,36,38,42H,9-15H2,1-2H3,(H2,33,41)/t18-,21-,23?,25?,26-,28?,32-/m1/s1. The third kappa shape index (κ3) is 4.61. The van der Waals surface area contributed by atoms with E-state index in [1.165, 1.54) is 6.07 Å². The number of benzene rings is 2. The second-order valence-electron chi connectivity index (χ2n) is 12.5. The number of hydrogen-bond acceptors (Lipinski definition) is 10. The van der Waals surface area contributed by atoms with Crippen LogP contribution in [0, 0.1) is 23.7 Å². The number of nitrogens with two attached hydrogens (primary N) is 1. The predicted octanol–water partition coefficient (Wildman–Crippen LogP) is 0.158. The van der Waals surface area contributed by atoms with Crippen molar-refractivity contribution in [2.24, 2.45) is 29.4 Å². The number of carbonyl (C=O) groups excluding carboxylic acids is 4. The van der Waals surface area contributed by atoms with Gasteiger partial charge in [-0.3, -0.25) is 24.1 Å². The number of primary amides is 1. The van der Waals surface area contributed by atoms with Gasteiger partial charge in [-0.1, -0.05) is 30.3 Å². The fourth-order valence-electron chi connectivity index (χ4n) is 7.90. The summed E-state index contributed by atoms with van der Waals surface area (Å²) in [6.07, 6.45) is -1.22. The van der Waals surface area contributed by atoms with Crippen LogP contribution in [0.2, 0.25) is 0 Å². The van der Waals surface area contributed by atoms with E-state index in [1.807, 2.05) is 24.3 Å². The van der Waals surface area contributed by atoms with Gasteiger partial charge in [0.15, 0.2) is 23.0 Å². The summed E-state index contributed by atoms with van der Waals surface area (Å²) in [5.74, 6) is -9.11. The topological polar surface area (TPSA) is 171 Å². The molecule has 1 amide bonds. The molecule has 4 aliphatic rings. The van der Waals surface area contributed by atoms with Crippen LogP contribution in [0.5, 0.6) is 5.75 Å². The Morgan fingerprint density at radius 3 is 2.37 bits per heavy atom. The number of aromatic hydroxyl groups is 1. The number of carbonyl (C=O) groups is 4. The van der Waals surface area contributed by atoms with Gasteiger partial charge in [0.2, 0.25) is 5.91 Å². The summed E-state index contributed by atoms with van der Waals surface area (Å²) >= 11 is 0. The molecule has 2 saturated carbocycles. The number of morpholine rings is 1. The molecule has 5 N–H and O–H groups in total. The van der Waals surface area contributed by atoms with Gasteiger partial charge in [-0.15, -0.1) is 0 Å². The highest BCUT2D eigenvalue weighted by atomic mass is 16.5. The van der Waals surface area contributed by atoms with E-state index >= 15 is 0 Å². The molecule has 6 rings (SSSR count). The molecule has 11 heteroatoms. The SMILES string of the molecule is CN(C)[C@H]1C(O)C(C(N)=O)C(=O)[C@]2(O)C(=O)C3C(=O)c4c(O)ccc(-c5ccc(CN6CCOCC6)cc5)c4C[C@@H]3C[C@H]12. The van der Waals surface area contributed by atoms with Gasteiger partial charge < -0.3 is 30.7 Å². The quantitative estimate of drug-likeness (QED) is 0.351. The number of hydrogen-bond donors (Lipinski definition) is 4. The van der Waals surface area contributed by atoms with Gasteiger partial charge in [-0.25, -0.2) is 0 Å². The number of likely N-dealkylation sites (N-methyl/N-ethyl adjacent to an activating group) is 1. The lowest BCUT2D eigenvalue weighted by atomic mass is 9.52. The summed E-state index contributed by atoms with van der Waals surface area (Å²) in [4.78, 5) is 57.6. The first-order chi connectivity index (χ1) is 20.4. The number of ether oxygens (including phenoxy) is 1. The smallest absolute Gasteiger partial charge is 0.230 e. The predicted molar refractivity (Wildman–Crippen MR) is 154 cm³/mol. The van der Waals surface area contributed by atoms with E-state index in [0.29, 0.717) is 18.8 Å². The van der Waals surface area contributed by atoms with Crippen LogP contribution in [0.25, 0.3) is 11.1 Å². The van der Waals surface area contributed by atoms with E-state index in [4.69, 9.17) is 10.5 Å². The zero-order valence-electron chi connectivity index (χ0n) is 24.2. The van der Waals surface area contributed by atoms with E-state index in [0.717, 1.165) is 36.3 Å². The summed E-state index contributed by atoms with van der Waals surface area (Å²) < 4.78 is 5.43. The molecule has 228 valence electrons. The Morgan fingerprint density at radius 2 is 1.74 bits per heavy atom. The number of ketones is 3. The number of Topliss-reactive ketones (excluding diaryl/α,β-unsaturated/α-hetero) is 3. The van der Waals surface area contributed by atoms with Gasteiger partial charge >= 0.3 is 0 Å². The Bertz CT molecular complexity index is 1480. The molecule has 3 fully saturated rings. The van der Waals surface area contributed by atoms with Crippen LogP contribution < -0.4 is 5.73 Å². The molecule has 0 radical (unpaired) electrons.